The van der Waals surface area contributed by atoms with E-state index in [2.05, 4.69) is 20.8 Å². The van der Waals surface area contributed by atoms with E-state index in [-0.39, 0.29) is 29.5 Å². The Morgan fingerprint density at radius 2 is 1.85 bits per heavy atom. The Labute approximate surface area is 204 Å². The average Bonchev–Trinajstić information content (AvgIpc) is 3.23. The van der Waals surface area contributed by atoms with Gasteiger partial charge in [-0.25, -0.2) is 0 Å². The number of carbonyl (C=O) groups excluding carboxylic acids is 2. The summed E-state index contributed by atoms with van der Waals surface area (Å²) in [6, 6.07) is 14.3. The van der Waals surface area contributed by atoms with Crippen molar-refractivity contribution >= 4 is 29.3 Å². The van der Waals surface area contributed by atoms with Crippen molar-refractivity contribution in [1.82, 2.24) is 20.1 Å². The molecule has 2 N–H and O–H groups in total. The van der Waals surface area contributed by atoms with Gasteiger partial charge in [0, 0.05) is 17.8 Å². The molecule has 0 bridgehead atoms. The van der Waals surface area contributed by atoms with Gasteiger partial charge in [-0.3, -0.25) is 9.59 Å². The van der Waals surface area contributed by atoms with Crippen molar-refractivity contribution in [2.45, 2.75) is 45.4 Å². The van der Waals surface area contributed by atoms with Crippen molar-refractivity contribution in [1.29, 1.82) is 0 Å². The fourth-order valence-corrected chi connectivity index (χ4v) is 4.29. The summed E-state index contributed by atoms with van der Waals surface area (Å²) in [6.07, 6.45) is 0. The molecule has 3 aromatic rings. The third-order valence-corrected chi connectivity index (χ3v) is 6.25. The van der Waals surface area contributed by atoms with Crippen LogP contribution in [0.1, 0.15) is 48.6 Å². The second-order valence-electron chi connectivity index (χ2n) is 8.22. The van der Waals surface area contributed by atoms with Crippen molar-refractivity contribution in [3.63, 3.8) is 0 Å². The largest absolute Gasteiger partial charge is 0.497 e. The molecule has 0 aliphatic rings. The number of amides is 2. The topological polar surface area (TPSA) is 98.1 Å². The van der Waals surface area contributed by atoms with Gasteiger partial charge in [-0.1, -0.05) is 37.7 Å². The minimum atomic E-state index is -0.336. The van der Waals surface area contributed by atoms with Crippen LogP contribution in [-0.2, 0) is 11.3 Å². The molecule has 1 aromatic heterocycles. The van der Waals surface area contributed by atoms with E-state index in [9.17, 15) is 9.59 Å². The molecule has 1 atom stereocenters. The summed E-state index contributed by atoms with van der Waals surface area (Å²) in [5, 5.41) is 15.3. The molecular formula is C25H31N5O3S. The number of hydrogen-bond acceptors (Lipinski definition) is 6. The molecule has 0 unspecified atom stereocenters. The van der Waals surface area contributed by atoms with Crippen molar-refractivity contribution in [2.75, 3.05) is 18.2 Å². The molecule has 1 heterocycles. The number of ether oxygens (including phenoxy) is 1. The molecule has 34 heavy (non-hydrogen) atoms. The number of anilines is 1. The van der Waals surface area contributed by atoms with E-state index in [1.54, 1.807) is 31.4 Å². The second-order valence-corrected chi connectivity index (χ2v) is 9.16. The maximum atomic E-state index is 12.9. The van der Waals surface area contributed by atoms with Gasteiger partial charge in [0.15, 0.2) is 11.0 Å². The first kappa shape index (κ1) is 25.3. The fourth-order valence-electron chi connectivity index (χ4n) is 3.48. The lowest BCUT2D eigenvalue weighted by Gasteiger charge is -2.22. The number of nitrogens with zero attached hydrogens (tertiary/aromatic N) is 3. The normalized spacial score (nSPS) is 11.8. The SMILES string of the molecule is CCn1c(SCC(=O)Nc2cccc(C)c2)nnc1[C@H](NC(=O)c1ccc(OC)cc1)C(C)C. The van der Waals surface area contributed by atoms with Crippen molar-refractivity contribution < 1.29 is 14.3 Å². The number of aromatic nitrogens is 3. The number of nitrogens with one attached hydrogen (secondary N) is 2. The minimum absolute atomic E-state index is 0.0826. The molecule has 2 amide bonds. The average molecular weight is 482 g/mol. The predicted octanol–water partition coefficient (Wildman–Crippen LogP) is 4.47. The van der Waals surface area contributed by atoms with E-state index in [0.717, 1.165) is 11.3 Å². The summed E-state index contributed by atoms with van der Waals surface area (Å²) in [6.45, 7) is 8.64. The van der Waals surface area contributed by atoms with E-state index in [4.69, 9.17) is 4.74 Å². The van der Waals surface area contributed by atoms with E-state index < -0.39 is 0 Å². The molecular weight excluding hydrogens is 450 g/mol. The number of thioether (sulfide) groups is 1. The van der Waals surface area contributed by atoms with Crippen LogP contribution in [0.15, 0.2) is 53.7 Å². The van der Waals surface area contributed by atoms with Gasteiger partial charge in [-0.15, -0.1) is 10.2 Å². The highest BCUT2D eigenvalue weighted by atomic mass is 32.2. The molecule has 0 spiro atoms. The molecule has 8 nitrogen and oxygen atoms in total. The molecule has 0 aliphatic heterocycles. The monoisotopic (exact) mass is 481 g/mol. The van der Waals surface area contributed by atoms with Gasteiger partial charge in [-0.05, 0) is 61.7 Å². The molecule has 9 heteroatoms. The smallest absolute Gasteiger partial charge is 0.251 e. The highest BCUT2D eigenvalue weighted by molar-refractivity contribution is 7.99. The van der Waals surface area contributed by atoms with Gasteiger partial charge < -0.3 is 19.9 Å². The lowest BCUT2D eigenvalue weighted by atomic mass is 10.0. The number of rotatable bonds is 10. The molecule has 180 valence electrons. The van der Waals surface area contributed by atoms with E-state index in [1.807, 2.05) is 56.5 Å². The van der Waals surface area contributed by atoms with Crippen molar-refractivity contribution in [3.8, 4) is 5.75 Å². The Kier molecular flexibility index (Phi) is 8.70. The molecule has 0 saturated heterocycles. The summed E-state index contributed by atoms with van der Waals surface area (Å²) < 4.78 is 7.11. The van der Waals surface area contributed by atoms with Crippen LogP contribution in [0.3, 0.4) is 0 Å². The minimum Gasteiger partial charge on any atom is -0.497 e. The van der Waals surface area contributed by atoms with Crippen LogP contribution in [0.25, 0.3) is 0 Å². The first-order chi connectivity index (χ1) is 16.3. The van der Waals surface area contributed by atoms with Crippen LogP contribution in [0.5, 0.6) is 5.75 Å². The quantitative estimate of drug-likeness (QED) is 0.415. The van der Waals surface area contributed by atoms with Gasteiger partial charge >= 0.3 is 0 Å². The molecule has 0 aliphatic carbocycles. The van der Waals surface area contributed by atoms with Crippen LogP contribution >= 0.6 is 11.8 Å². The molecule has 3 rings (SSSR count). The Morgan fingerprint density at radius 1 is 1.12 bits per heavy atom. The summed E-state index contributed by atoms with van der Waals surface area (Å²) in [7, 11) is 1.59. The van der Waals surface area contributed by atoms with Gasteiger partial charge in [0.1, 0.15) is 5.75 Å². The Bertz CT molecular complexity index is 1130. The Hall–Kier alpha value is -3.33. The van der Waals surface area contributed by atoms with Gasteiger partial charge in [0.25, 0.3) is 5.91 Å². The number of carbonyl (C=O) groups is 2. The van der Waals surface area contributed by atoms with Crippen molar-refractivity contribution in [3.05, 3.63) is 65.5 Å². The first-order valence-electron chi connectivity index (χ1n) is 11.2. The Balaban J connectivity index is 1.70. The molecule has 0 saturated carbocycles. The lowest BCUT2D eigenvalue weighted by Crippen LogP contribution is -2.33. The van der Waals surface area contributed by atoms with Crippen LogP contribution < -0.4 is 15.4 Å². The molecule has 0 radical (unpaired) electrons. The number of methoxy groups -OCH3 is 1. The van der Waals surface area contributed by atoms with Gasteiger partial charge in [0.2, 0.25) is 5.91 Å². The van der Waals surface area contributed by atoms with Gasteiger partial charge in [-0.2, -0.15) is 0 Å². The van der Waals surface area contributed by atoms with Crippen LogP contribution in [-0.4, -0.2) is 39.4 Å². The van der Waals surface area contributed by atoms with Crippen LogP contribution in [0.2, 0.25) is 0 Å². The summed E-state index contributed by atoms with van der Waals surface area (Å²) in [5.74, 6) is 1.34. The zero-order chi connectivity index (χ0) is 24.7. The summed E-state index contributed by atoms with van der Waals surface area (Å²) in [4.78, 5) is 25.3. The highest BCUT2D eigenvalue weighted by Crippen LogP contribution is 2.26. The lowest BCUT2D eigenvalue weighted by molar-refractivity contribution is -0.113. The maximum absolute atomic E-state index is 12.9. The van der Waals surface area contributed by atoms with E-state index >= 15 is 0 Å². The maximum Gasteiger partial charge on any atom is 0.251 e. The van der Waals surface area contributed by atoms with E-state index in [0.29, 0.717) is 28.8 Å². The Morgan fingerprint density at radius 3 is 2.47 bits per heavy atom. The highest BCUT2D eigenvalue weighted by Gasteiger charge is 2.26. The zero-order valence-electron chi connectivity index (χ0n) is 20.2. The molecule has 0 fully saturated rings. The summed E-state index contributed by atoms with van der Waals surface area (Å²) >= 11 is 1.32. The number of benzene rings is 2. The standard InChI is InChI=1S/C25H31N5O3S/c1-6-30-23(22(16(2)3)27-24(32)18-10-12-20(33-5)13-11-18)28-29-25(30)34-15-21(31)26-19-9-7-8-17(4)14-19/h7-14,16,22H,6,15H2,1-5H3,(H,26,31)(H,27,32)/t22-/m1/s1. The van der Waals surface area contributed by atoms with E-state index in [1.165, 1.54) is 11.8 Å². The fraction of sp³-hybridized carbons (Fsp3) is 0.360. The third kappa shape index (κ3) is 6.38. The van der Waals surface area contributed by atoms with Crippen LogP contribution in [0, 0.1) is 12.8 Å². The second kappa shape index (κ2) is 11.7. The van der Waals surface area contributed by atoms with Crippen molar-refractivity contribution in [2.24, 2.45) is 5.92 Å². The third-order valence-electron chi connectivity index (χ3n) is 5.28. The van der Waals surface area contributed by atoms with Gasteiger partial charge in [0.05, 0.1) is 18.9 Å². The zero-order valence-corrected chi connectivity index (χ0v) is 21.0. The summed E-state index contributed by atoms with van der Waals surface area (Å²) in [5.41, 5.74) is 2.39. The van der Waals surface area contributed by atoms with Crippen LogP contribution in [0.4, 0.5) is 5.69 Å². The molecule has 2 aromatic carbocycles. The number of hydrogen-bond donors (Lipinski definition) is 2. The predicted molar refractivity (Wildman–Crippen MR) is 134 cm³/mol. The first-order valence-corrected chi connectivity index (χ1v) is 12.2. The number of aryl methyl sites for hydroxylation is 1.